The zero-order valence-electron chi connectivity index (χ0n) is 15.0. The van der Waals surface area contributed by atoms with E-state index >= 15 is 0 Å². The van der Waals surface area contributed by atoms with Gasteiger partial charge in [-0.3, -0.25) is 9.59 Å². The van der Waals surface area contributed by atoms with E-state index in [1.165, 1.54) is 13.0 Å². The first-order valence-corrected chi connectivity index (χ1v) is 9.07. The number of carbonyl (C=O) groups is 2. The maximum absolute atomic E-state index is 12.9. The second-order valence-electron chi connectivity index (χ2n) is 6.75. The molecule has 2 aromatic rings. The lowest BCUT2D eigenvalue weighted by atomic mass is 10.0. The Hall–Kier alpha value is -2.54. The van der Waals surface area contributed by atoms with Gasteiger partial charge in [-0.2, -0.15) is 13.2 Å². The molecule has 2 aromatic carbocycles. The SMILES string of the molecule is Cc1cc(C(=O)NCC2CCN(c3ccc(Cl)cc3)C2=O)cc(C(F)(F)F)c1. The number of aryl methyl sites for hydroxylation is 1. The van der Waals surface area contributed by atoms with Crippen LogP contribution >= 0.6 is 11.6 Å². The second-order valence-corrected chi connectivity index (χ2v) is 7.18. The molecule has 148 valence electrons. The summed E-state index contributed by atoms with van der Waals surface area (Å²) < 4.78 is 38.8. The molecule has 3 rings (SSSR count). The lowest BCUT2D eigenvalue weighted by Crippen LogP contribution is -2.34. The van der Waals surface area contributed by atoms with E-state index < -0.39 is 23.6 Å². The highest BCUT2D eigenvalue weighted by Gasteiger charge is 2.33. The Bertz CT molecular complexity index is 897. The summed E-state index contributed by atoms with van der Waals surface area (Å²) in [4.78, 5) is 26.5. The minimum atomic E-state index is -4.53. The summed E-state index contributed by atoms with van der Waals surface area (Å²) >= 11 is 5.86. The molecule has 0 bridgehead atoms. The van der Waals surface area contributed by atoms with Gasteiger partial charge in [0.25, 0.3) is 5.91 Å². The lowest BCUT2D eigenvalue weighted by Gasteiger charge is -2.17. The Morgan fingerprint density at radius 3 is 2.54 bits per heavy atom. The fraction of sp³-hybridized carbons (Fsp3) is 0.300. The van der Waals surface area contributed by atoms with Gasteiger partial charge in [0.1, 0.15) is 0 Å². The van der Waals surface area contributed by atoms with Crippen molar-refractivity contribution in [1.29, 1.82) is 0 Å². The zero-order chi connectivity index (χ0) is 20.5. The normalized spacial score (nSPS) is 17.1. The van der Waals surface area contributed by atoms with Gasteiger partial charge in [0.2, 0.25) is 5.91 Å². The third-order valence-electron chi connectivity index (χ3n) is 4.63. The molecule has 0 aromatic heterocycles. The minimum Gasteiger partial charge on any atom is -0.351 e. The lowest BCUT2D eigenvalue weighted by molar-refractivity contribution is -0.137. The highest BCUT2D eigenvalue weighted by Crippen LogP contribution is 2.31. The van der Waals surface area contributed by atoms with E-state index in [1.54, 1.807) is 29.2 Å². The number of carbonyl (C=O) groups excluding carboxylic acids is 2. The average molecular weight is 411 g/mol. The molecule has 2 amide bonds. The van der Waals surface area contributed by atoms with Crippen LogP contribution in [0.15, 0.2) is 42.5 Å². The number of amides is 2. The predicted molar refractivity (Wildman–Crippen MR) is 100 cm³/mol. The largest absolute Gasteiger partial charge is 0.416 e. The molecule has 4 nitrogen and oxygen atoms in total. The van der Waals surface area contributed by atoms with Crippen molar-refractivity contribution < 1.29 is 22.8 Å². The Morgan fingerprint density at radius 2 is 1.89 bits per heavy atom. The second kappa shape index (κ2) is 7.83. The third kappa shape index (κ3) is 4.47. The monoisotopic (exact) mass is 410 g/mol. The van der Waals surface area contributed by atoms with Gasteiger partial charge in [-0.15, -0.1) is 0 Å². The van der Waals surface area contributed by atoms with Crippen molar-refractivity contribution in [3.63, 3.8) is 0 Å². The molecule has 0 spiro atoms. The molecule has 1 fully saturated rings. The molecule has 1 N–H and O–H groups in total. The standard InChI is InChI=1S/C20H18ClF3N2O2/c1-12-8-14(10-15(9-12)20(22,23)24)18(27)25-11-13-6-7-26(19(13)28)17-4-2-16(21)3-5-17/h2-5,8-10,13H,6-7,11H2,1H3,(H,25,27). The van der Waals surface area contributed by atoms with Crippen LogP contribution in [0.3, 0.4) is 0 Å². The van der Waals surface area contributed by atoms with Gasteiger partial charge < -0.3 is 10.2 Å². The van der Waals surface area contributed by atoms with Crippen molar-refractivity contribution in [2.24, 2.45) is 5.92 Å². The van der Waals surface area contributed by atoms with Crippen molar-refractivity contribution in [2.75, 3.05) is 18.0 Å². The molecule has 1 aliphatic rings. The van der Waals surface area contributed by atoms with Crippen LogP contribution in [0.4, 0.5) is 18.9 Å². The van der Waals surface area contributed by atoms with Gasteiger partial charge in [0.05, 0.1) is 11.5 Å². The number of halogens is 4. The number of nitrogens with one attached hydrogen (secondary N) is 1. The number of hydrogen-bond donors (Lipinski definition) is 1. The van der Waals surface area contributed by atoms with Gasteiger partial charge in [-0.05, 0) is 61.4 Å². The number of benzene rings is 2. The fourth-order valence-corrected chi connectivity index (χ4v) is 3.33. The Labute approximate surface area is 165 Å². The van der Waals surface area contributed by atoms with Crippen LogP contribution in [0.1, 0.15) is 27.9 Å². The Morgan fingerprint density at radius 1 is 1.21 bits per heavy atom. The van der Waals surface area contributed by atoms with Crippen molar-refractivity contribution in [3.05, 3.63) is 64.2 Å². The van der Waals surface area contributed by atoms with E-state index in [1.807, 2.05) is 0 Å². The van der Waals surface area contributed by atoms with E-state index in [4.69, 9.17) is 11.6 Å². The first-order chi connectivity index (χ1) is 13.1. The van der Waals surface area contributed by atoms with Gasteiger partial charge in [-0.1, -0.05) is 11.6 Å². The van der Waals surface area contributed by atoms with Crippen LogP contribution in [0.25, 0.3) is 0 Å². The van der Waals surface area contributed by atoms with Gasteiger partial charge in [0.15, 0.2) is 0 Å². The average Bonchev–Trinajstić information content (AvgIpc) is 3.00. The van der Waals surface area contributed by atoms with Crippen LogP contribution < -0.4 is 10.2 Å². The number of alkyl halides is 3. The molecule has 1 heterocycles. The summed E-state index contributed by atoms with van der Waals surface area (Å²) in [6.07, 6.45) is -3.98. The van der Waals surface area contributed by atoms with Gasteiger partial charge in [-0.25, -0.2) is 0 Å². The molecule has 1 unspecified atom stereocenters. The van der Waals surface area contributed by atoms with E-state index in [-0.39, 0.29) is 18.0 Å². The van der Waals surface area contributed by atoms with Crippen LogP contribution in [0.5, 0.6) is 0 Å². The predicted octanol–water partition coefficient (Wildman–Crippen LogP) is 4.45. The summed E-state index contributed by atoms with van der Waals surface area (Å²) in [5, 5.41) is 3.15. The highest BCUT2D eigenvalue weighted by molar-refractivity contribution is 6.30. The van der Waals surface area contributed by atoms with Crippen LogP contribution in [-0.2, 0) is 11.0 Å². The van der Waals surface area contributed by atoms with Crippen LogP contribution in [0, 0.1) is 12.8 Å². The molecule has 1 saturated heterocycles. The van der Waals surface area contributed by atoms with E-state index in [0.29, 0.717) is 23.6 Å². The van der Waals surface area contributed by atoms with Crippen LogP contribution in [0.2, 0.25) is 5.02 Å². The molecule has 28 heavy (non-hydrogen) atoms. The quantitative estimate of drug-likeness (QED) is 0.809. The Kier molecular flexibility index (Phi) is 5.65. The summed E-state index contributed by atoms with van der Waals surface area (Å²) in [7, 11) is 0. The molecular weight excluding hydrogens is 393 g/mol. The zero-order valence-corrected chi connectivity index (χ0v) is 15.8. The molecular formula is C20H18ClF3N2O2. The first kappa shape index (κ1) is 20.2. The molecule has 0 radical (unpaired) electrons. The minimum absolute atomic E-state index is 0.0665. The van der Waals surface area contributed by atoms with Gasteiger partial charge >= 0.3 is 6.18 Å². The molecule has 1 aliphatic heterocycles. The third-order valence-corrected chi connectivity index (χ3v) is 4.88. The summed E-state index contributed by atoms with van der Waals surface area (Å²) in [5.41, 5.74) is 0.110. The van der Waals surface area contributed by atoms with Crippen molar-refractivity contribution in [3.8, 4) is 0 Å². The summed E-state index contributed by atoms with van der Waals surface area (Å²) in [6, 6.07) is 10.1. The molecule has 0 saturated carbocycles. The fourth-order valence-electron chi connectivity index (χ4n) is 3.20. The van der Waals surface area contributed by atoms with E-state index in [2.05, 4.69) is 5.32 Å². The van der Waals surface area contributed by atoms with E-state index in [0.717, 1.165) is 17.8 Å². The van der Waals surface area contributed by atoms with Gasteiger partial charge in [0, 0.05) is 29.4 Å². The first-order valence-electron chi connectivity index (χ1n) is 8.69. The van der Waals surface area contributed by atoms with Crippen LogP contribution in [-0.4, -0.2) is 24.9 Å². The number of nitrogens with zero attached hydrogens (tertiary/aromatic N) is 1. The van der Waals surface area contributed by atoms with E-state index in [9.17, 15) is 22.8 Å². The van der Waals surface area contributed by atoms with Crippen molar-refractivity contribution in [2.45, 2.75) is 19.5 Å². The number of hydrogen-bond acceptors (Lipinski definition) is 2. The maximum atomic E-state index is 12.9. The molecule has 8 heteroatoms. The van der Waals surface area contributed by atoms with Crippen molar-refractivity contribution in [1.82, 2.24) is 5.32 Å². The maximum Gasteiger partial charge on any atom is 0.416 e. The molecule has 0 aliphatic carbocycles. The molecule has 1 atom stereocenters. The topological polar surface area (TPSA) is 49.4 Å². The summed E-state index contributed by atoms with van der Waals surface area (Å²) in [5.74, 6) is -1.19. The number of anilines is 1. The Balaban J connectivity index is 1.65. The number of rotatable bonds is 4. The summed E-state index contributed by atoms with van der Waals surface area (Å²) in [6.45, 7) is 2.07. The van der Waals surface area contributed by atoms with Crippen molar-refractivity contribution >= 4 is 29.1 Å². The highest BCUT2D eigenvalue weighted by atomic mass is 35.5. The smallest absolute Gasteiger partial charge is 0.351 e.